The molecule has 1 radical (unpaired) electrons. The van der Waals surface area contributed by atoms with Crippen LogP contribution in [0.5, 0.6) is 0 Å². The van der Waals surface area contributed by atoms with Crippen LogP contribution >= 0.6 is 0 Å². The molecule has 0 heterocycles. The Bertz CT molecular complexity index is 300. The van der Waals surface area contributed by atoms with Gasteiger partial charge in [-0.25, -0.2) is 0 Å². The van der Waals surface area contributed by atoms with E-state index in [2.05, 4.69) is 6.92 Å². The molecular formula is C11H12F3. The molecular weight excluding hydrogens is 189 g/mol. The van der Waals surface area contributed by atoms with Crippen molar-refractivity contribution in [3.05, 3.63) is 42.3 Å². The second-order valence-corrected chi connectivity index (χ2v) is 3.46. The molecule has 0 bridgehead atoms. The van der Waals surface area contributed by atoms with E-state index in [0.717, 1.165) is 6.07 Å². The maximum atomic E-state index is 12.5. The number of alkyl halides is 3. The molecule has 77 valence electrons. The predicted molar refractivity (Wildman–Crippen MR) is 49.7 cm³/mol. The van der Waals surface area contributed by atoms with E-state index in [1.165, 1.54) is 12.1 Å². The average molecular weight is 201 g/mol. The van der Waals surface area contributed by atoms with Gasteiger partial charge in [-0.05, 0) is 24.0 Å². The zero-order valence-corrected chi connectivity index (χ0v) is 7.93. The van der Waals surface area contributed by atoms with Crippen LogP contribution in [0.15, 0.2) is 24.3 Å². The summed E-state index contributed by atoms with van der Waals surface area (Å²) in [7, 11) is 0. The van der Waals surface area contributed by atoms with E-state index in [0.29, 0.717) is 12.0 Å². The maximum absolute atomic E-state index is 12.5. The van der Waals surface area contributed by atoms with Gasteiger partial charge in [0.25, 0.3) is 0 Å². The molecule has 0 fully saturated rings. The fourth-order valence-electron chi connectivity index (χ4n) is 1.35. The molecule has 0 saturated heterocycles. The van der Waals surface area contributed by atoms with Crippen LogP contribution in [0, 0.1) is 12.8 Å². The summed E-state index contributed by atoms with van der Waals surface area (Å²) in [4.78, 5) is 0. The van der Waals surface area contributed by atoms with Gasteiger partial charge >= 0.3 is 6.18 Å². The Morgan fingerprint density at radius 3 is 2.36 bits per heavy atom. The fourth-order valence-corrected chi connectivity index (χ4v) is 1.35. The first kappa shape index (κ1) is 11.1. The second kappa shape index (κ2) is 4.03. The van der Waals surface area contributed by atoms with Crippen LogP contribution in [0.2, 0.25) is 0 Å². The van der Waals surface area contributed by atoms with Crippen molar-refractivity contribution in [3.63, 3.8) is 0 Å². The minimum absolute atomic E-state index is 0.0153. The minimum Gasteiger partial charge on any atom is -0.166 e. The number of benzene rings is 1. The number of halogens is 3. The molecule has 0 saturated carbocycles. The second-order valence-electron chi connectivity index (χ2n) is 3.46. The number of hydrogen-bond acceptors (Lipinski definition) is 0. The van der Waals surface area contributed by atoms with Crippen LogP contribution < -0.4 is 0 Å². The Morgan fingerprint density at radius 1 is 1.29 bits per heavy atom. The first-order valence-corrected chi connectivity index (χ1v) is 4.39. The minimum atomic E-state index is -4.26. The predicted octanol–water partition coefficient (Wildman–Crippen LogP) is 3.72. The van der Waals surface area contributed by atoms with Crippen molar-refractivity contribution >= 4 is 0 Å². The van der Waals surface area contributed by atoms with E-state index in [1.54, 1.807) is 13.0 Å². The molecule has 0 aliphatic heterocycles. The fraction of sp³-hybridized carbons (Fsp3) is 0.364. The third-order valence-corrected chi connectivity index (χ3v) is 1.89. The molecule has 1 aromatic rings. The lowest BCUT2D eigenvalue weighted by Gasteiger charge is -2.13. The van der Waals surface area contributed by atoms with Crippen LogP contribution in [-0.2, 0) is 12.6 Å². The third kappa shape index (κ3) is 2.76. The Balaban J connectivity index is 3.04. The van der Waals surface area contributed by atoms with Crippen molar-refractivity contribution in [2.45, 2.75) is 19.5 Å². The van der Waals surface area contributed by atoms with E-state index in [9.17, 15) is 13.2 Å². The highest BCUT2D eigenvalue weighted by Crippen LogP contribution is 2.32. The third-order valence-electron chi connectivity index (χ3n) is 1.89. The van der Waals surface area contributed by atoms with E-state index in [4.69, 9.17) is 0 Å². The van der Waals surface area contributed by atoms with Crippen molar-refractivity contribution in [2.75, 3.05) is 0 Å². The number of hydrogen-bond donors (Lipinski definition) is 0. The normalized spacial score (nSPS) is 12.1. The summed E-state index contributed by atoms with van der Waals surface area (Å²) in [5.41, 5.74) is -0.224. The molecule has 0 N–H and O–H groups in total. The highest BCUT2D eigenvalue weighted by atomic mass is 19.4. The standard InChI is InChI=1S/C11H12F3/c1-8(2)7-9-5-3-4-6-10(9)11(12,13)14/h3-6,8H,1,7H2,2H3. The molecule has 3 heteroatoms. The molecule has 0 aliphatic carbocycles. The van der Waals surface area contributed by atoms with Gasteiger partial charge in [-0.1, -0.05) is 32.0 Å². The van der Waals surface area contributed by atoms with Gasteiger partial charge in [0.15, 0.2) is 0 Å². The SMILES string of the molecule is [CH2]C(C)Cc1ccccc1C(F)(F)F. The Kier molecular flexibility index (Phi) is 3.19. The first-order valence-electron chi connectivity index (χ1n) is 4.39. The lowest BCUT2D eigenvalue weighted by molar-refractivity contribution is -0.138. The van der Waals surface area contributed by atoms with Gasteiger partial charge in [0.1, 0.15) is 0 Å². The van der Waals surface area contributed by atoms with Gasteiger partial charge in [-0.2, -0.15) is 13.2 Å². The zero-order valence-electron chi connectivity index (χ0n) is 7.93. The van der Waals surface area contributed by atoms with E-state index < -0.39 is 11.7 Å². The quantitative estimate of drug-likeness (QED) is 0.684. The molecule has 0 nitrogen and oxygen atoms in total. The largest absolute Gasteiger partial charge is 0.416 e. The van der Waals surface area contributed by atoms with Crippen molar-refractivity contribution in [1.82, 2.24) is 0 Å². The molecule has 1 unspecified atom stereocenters. The van der Waals surface area contributed by atoms with Crippen molar-refractivity contribution < 1.29 is 13.2 Å². The van der Waals surface area contributed by atoms with Crippen molar-refractivity contribution in [2.24, 2.45) is 5.92 Å². The molecule has 0 amide bonds. The molecule has 0 aliphatic rings. The topological polar surface area (TPSA) is 0 Å². The van der Waals surface area contributed by atoms with Gasteiger partial charge in [0.2, 0.25) is 0 Å². The van der Waals surface area contributed by atoms with Gasteiger partial charge in [-0.15, -0.1) is 0 Å². The average Bonchev–Trinajstić information content (AvgIpc) is 2.01. The zero-order chi connectivity index (χ0) is 10.8. The van der Waals surface area contributed by atoms with Crippen molar-refractivity contribution in [3.8, 4) is 0 Å². The summed E-state index contributed by atoms with van der Waals surface area (Å²) in [6.45, 7) is 5.49. The van der Waals surface area contributed by atoms with Crippen LogP contribution in [0.3, 0.4) is 0 Å². The Hall–Kier alpha value is -0.990. The van der Waals surface area contributed by atoms with Crippen LogP contribution in [0.25, 0.3) is 0 Å². The Labute approximate surface area is 81.8 Å². The van der Waals surface area contributed by atoms with E-state index >= 15 is 0 Å². The summed E-state index contributed by atoms with van der Waals surface area (Å²) in [5, 5.41) is 0. The van der Waals surface area contributed by atoms with Crippen LogP contribution in [0.4, 0.5) is 13.2 Å². The molecule has 1 atom stereocenters. The molecule has 1 aromatic carbocycles. The Morgan fingerprint density at radius 2 is 1.86 bits per heavy atom. The van der Waals surface area contributed by atoms with Gasteiger partial charge in [0.05, 0.1) is 5.56 Å². The summed E-state index contributed by atoms with van der Waals surface area (Å²) in [6, 6.07) is 5.63. The number of rotatable bonds is 2. The monoisotopic (exact) mass is 201 g/mol. The summed E-state index contributed by atoms with van der Waals surface area (Å²) in [6.07, 6.45) is -3.90. The first-order chi connectivity index (χ1) is 6.41. The summed E-state index contributed by atoms with van der Waals surface area (Å²) in [5.74, 6) is -0.0153. The van der Waals surface area contributed by atoms with E-state index in [1.807, 2.05) is 0 Å². The van der Waals surface area contributed by atoms with E-state index in [-0.39, 0.29) is 5.92 Å². The lowest BCUT2D eigenvalue weighted by atomic mass is 9.98. The van der Waals surface area contributed by atoms with Gasteiger partial charge in [0, 0.05) is 0 Å². The highest BCUT2D eigenvalue weighted by molar-refractivity contribution is 5.30. The van der Waals surface area contributed by atoms with Crippen molar-refractivity contribution in [1.29, 1.82) is 0 Å². The summed E-state index contributed by atoms with van der Waals surface area (Å²) >= 11 is 0. The molecule has 0 spiro atoms. The van der Waals surface area contributed by atoms with Gasteiger partial charge in [-0.3, -0.25) is 0 Å². The lowest BCUT2D eigenvalue weighted by Crippen LogP contribution is -2.10. The smallest absolute Gasteiger partial charge is 0.166 e. The summed E-state index contributed by atoms with van der Waals surface area (Å²) < 4.78 is 37.4. The molecule has 14 heavy (non-hydrogen) atoms. The molecule has 0 aromatic heterocycles. The molecule has 1 rings (SSSR count). The maximum Gasteiger partial charge on any atom is 0.416 e. The van der Waals surface area contributed by atoms with Crippen LogP contribution in [-0.4, -0.2) is 0 Å². The van der Waals surface area contributed by atoms with Crippen LogP contribution in [0.1, 0.15) is 18.1 Å². The highest BCUT2D eigenvalue weighted by Gasteiger charge is 2.32. The van der Waals surface area contributed by atoms with Gasteiger partial charge < -0.3 is 0 Å².